The molecule has 4 heteroatoms. The molecule has 0 unspecified atom stereocenters. The van der Waals surface area contributed by atoms with Crippen molar-refractivity contribution in [3.8, 4) is 22.3 Å². The predicted molar refractivity (Wildman–Crippen MR) is 287 cm³/mol. The fraction of sp³-hybridized carbons (Fsp3) is 0.290. The van der Waals surface area contributed by atoms with Gasteiger partial charge in [-0.25, -0.2) is 0 Å². The summed E-state index contributed by atoms with van der Waals surface area (Å²) in [6.45, 7) is 23.4. The van der Waals surface area contributed by atoms with Gasteiger partial charge in [-0.1, -0.05) is 166 Å². The van der Waals surface area contributed by atoms with Crippen LogP contribution in [0.25, 0.3) is 32.3 Å². The van der Waals surface area contributed by atoms with Gasteiger partial charge in [-0.15, -0.1) is 11.3 Å². The quantitative estimate of drug-likeness (QED) is 0.163. The van der Waals surface area contributed by atoms with Crippen LogP contribution in [-0.4, -0.2) is 6.71 Å². The summed E-state index contributed by atoms with van der Waals surface area (Å²) < 4.78 is 2.79. The van der Waals surface area contributed by atoms with Crippen LogP contribution in [-0.2, 0) is 21.7 Å². The van der Waals surface area contributed by atoms with E-state index in [2.05, 4.69) is 219 Å². The minimum absolute atomic E-state index is 0.0109. The van der Waals surface area contributed by atoms with Crippen molar-refractivity contribution >= 4 is 78.0 Å². The Morgan fingerprint density at radius 3 is 1.80 bits per heavy atom. The van der Waals surface area contributed by atoms with Crippen molar-refractivity contribution in [3.05, 3.63) is 173 Å². The molecule has 1 spiro atoms. The van der Waals surface area contributed by atoms with Gasteiger partial charge in [0.1, 0.15) is 0 Å². The number of anilines is 6. The summed E-state index contributed by atoms with van der Waals surface area (Å²) in [5.74, 6) is 0. The van der Waals surface area contributed by atoms with Gasteiger partial charge in [0.2, 0.25) is 0 Å². The van der Waals surface area contributed by atoms with Crippen LogP contribution in [0.1, 0.15) is 121 Å². The Balaban J connectivity index is 1.14. The zero-order chi connectivity index (χ0) is 45.7. The lowest BCUT2D eigenvalue weighted by Crippen LogP contribution is -2.60. The van der Waals surface area contributed by atoms with Crippen molar-refractivity contribution in [2.24, 2.45) is 0 Å². The summed E-state index contributed by atoms with van der Waals surface area (Å²) in [7, 11) is 0. The van der Waals surface area contributed by atoms with Crippen molar-refractivity contribution in [2.75, 3.05) is 9.80 Å². The second-order valence-electron chi connectivity index (χ2n) is 23.0. The molecule has 0 N–H and O–H groups in total. The van der Waals surface area contributed by atoms with Crippen LogP contribution in [0.5, 0.6) is 0 Å². The summed E-state index contributed by atoms with van der Waals surface area (Å²) in [6.07, 6.45) is 4.99. The Labute approximate surface area is 397 Å². The van der Waals surface area contributed by atoms with Crippen molar-refractivity contribution in [2.45, 2.75) is 117 Å². The summed E-state index contributed by atoms with van der Waals surface area (Å²) in [5.41, 5.74) is 24.4. The molecule has 2 aliphatic carbocycles. The van der Waals surface area contributed by atoms with Crippen LogP contribution in [0.4, 0.5) is 34.1 Å². The molecule has 1 aromatic heterocycles. The van der Waals surface area contributed by atoms with E-state index in [1.54, 1.807) is 0 Å². The van der Waals surface area contributed by atoms with E-state index in [0.717, 1.165) is 0 Å². The SMILES string of the molecule is Cc1cc2c3c(c1)N(c1cccc4c1-c1ccccc1C41CCCC1)c1c(sc4ccc(C(C)(C)C)cc14)B3c1cc(C(C)(C)C)ccc1N2c1ccc(-c2ccc(C(C)(C)C)cc2)cc1. The molecule has 1 saturated carbocycles. The lowest BCUT2D eigenvalue weighted by molar-refractivity contribution is 0.550. The van der Waals surface area contributed by atoms with Crippen LogP contribution >= 0.6 is 11.3 Å². The van der Waals surface area contributed by atoms with Gasteiger partial charge in [-0.05, 0) is 146 Å². The molecule has 0 bridgehead atoms. The van der Waals surface area contributed by atoms with E-state index in [4.69, 9.17) is 0 Å². The number of hydrogen-bond donors (Lipinski definition) is 0. The molecule has 12 rings (SSSR count). The highest BCUT2D eigenvalue weighted by atomic mass is 32.1. The van der Waals surface area contributed by atoms with Crippen LogP contribution < -0.4 is 25.5 Å². The highest BCUT2D eigenvalue weighted by molar-refractivity contribution is 7.33. The first-order valence-corrected chi connectivity index (χ1v) is 25.2. The number of aryl methyl sites for hydroxylation is 1. The van der Waals surface area contributed by atoms with Crippen LogP contribution in [0, 0.1) is 6.92 Å². The largest absolute Gasteiger partial charge is 0.311 e. The van der Waals surface area contributed by atoms with Gasteiger partial charge in [0.15, 0.2) is 0 Å². The summed E-state index contributed by atoms with van der Waals surface area (Å²) in [6, 6.07) is 54.9. The Kier molecular flexibility index (Phi) is 9.03. The molecular weight excluding hydrogens is 816 g/mol. The first-order valence-electron chi connectivity index (χ1n) is 24.4. The monoisotopic (exact) mass is 876 g/mol. The molecule has 4 aliphatic rings. The maximum absolute atomic E-state index is 2.74. The van der Waals surface area contributed by atoms with Gasteiger partial charge >= 0.3 is 0 Å². The zero-order valence-electron chi connectivity index (χ0n) is 40.5. The average Bonchev–Trinajstić information content (AvgIpc) is 4.01. The van der Waals surface area contributed by atoms with E-state index in [1.807, 2.05) is 11.3 Å². The Bertz CT molecular complexity index is 3270. The lowest BCUT2D eigenvalue weighted by atomic mass is 9.36. The normalized spacial score (nSPS) is 15.8. The topological polar surface area (TPSA) is 6.48 Å². The van der Waals surface area contributed by atoms with Crippen molar-refractivity contribution in [1.82, 2.24) is 0 Å². The molecule has 8 aromatic rings. The number of hydrogen-bond acceptors (Lipinski definition) is 3. The third kappa shape index (κ3) is 6.12. The molecule has 0 radical (unpaired) electrons. The van der Waals surface area contributed by atoms with E-state index in [-0.39, 0.29) is 28.4 Å². The third-order valence-electron chi connectivity index (χ3n) is 15.7. The average molecular weight is 877 g/mol. The number of nitrogens with zero attached hydrogens (tertiary/aromatic N) is 2. The van der Waals surface area contributed by atoms with Gasteiger partial charge in [0, 0.05) is 48.6 Å². The first kappa shape index (κ1) is 41.6. The molecule has 0 atom stereocenters. The smallest absolute Gasteiger partial charge is 0.264 e. The summed E-state index contributed by atoms with van der Waals surface area (Å²) in [5, 5.41) is 1.36. The van der Waals surface area contributed by atoms with Gasteiger partial charge < -0.3 is 9.80 Å². The number of rotatable bonds is 3. The number of benzene rings is 7. The molecule has 2 nitrogen and oxygen atoms in total. The fourth-order valence-corrected chi connectivity index (χ4v) is 13.5. The maximum Gasteiger partial charge on any atom is 0.264 e. The second kappa shape index (κ2) is 14.3. The Morgan fingerprint density at radius 2 is 1.12 bits per heavy atom. The van der Waals surface area contributed by atoms with E-state index in [9.17, 15) is 0 Å². The summed E-state index contributed by atoms with van der Waals surface area (Å²) >= 11 is 2.01. The van der Waals surface area contributed by atoms with Crippen LogP contribution in [0.2, 0.25) is 0 Å². The van der Waals surface area contributed by atoms with Crippen molar-refractivity contribution < 1.29 is 0 Å². The number of thiophene rings is 1. The molecule has 2 aliphatic heterocycles. The molecule has 3 heterocycles. The summed E-state index contributed by atoms with van der Waals surface area (Å²) in [4.78, 5) is 5.33. The van der Waals surface area contributed by atoms with Gasteiger partial charge in [-0.2, -0.15) is 0 Å². The molecule has 1 fully saturated rings. The second-order valence-corrected chi connectivity index (χ2v) is 24.1. The Hall–Kier alpha value is -5.84. The minimum atomic E-state index is -0.0140. The third-order valence-corrected chi connectivity index (χ3v) is 16.9. The van der Waals surface area contributed by atoms with Gasteiger partial charge in [-0.3, -0.25) is 0 Å². The molecule has 328 valence electrons. The molecule has 7 aromatic carbocycles. The molecule has 0 saturated heterocycles. The predicted octanol–water partition coefficient (Wildman–Crippen LogP) is 15.7. The fourth-order valence-electron chi connectivity index (χ4n) is 12.2. The maximum atomic E-state index is 2.74. The van der Waals surface area contributed by atoms with Crippen LogP contribution in [0.15, 0.2) is 140 Å². The van der Waals surface area contributed by atoms with Crippen molar-refractivity contribution in [3.63, 3.8) is 0 Å². The highest BCUT2D eigenvalue weighted by Crippen LogP contribution is 2.61. The minimum Gasteiger partial charge on any atom is -0.311 e. The number of fused-ring (bicyclic) bond motifs is 11. The zero-order valence-corrected chi connectivity index (χ0v) is 41.3. The van der Waals surface area contributed by atoms with E-state index < -0.39 is 0 Å². The molecular formula is C62H61BN2S. The Morgan fingerprint density at radius 1 is 0.530 bits per heavy atom. The first-order chi connectivity index (χ1) is 31.5. The van der Waals surface area contributed by atoms with Gasteiger partial charge in [0.05, 0.1) is 11.4 Å². The van der Waals surface area contributed by atoms with Crippen molar-refractivity contribution in [1.29, 1.82) is 0 Å². The lowest BCUT2D eigenvalue weighted by Gasteiger charge is -2.44. The van der Waals surface area contributed by atoms with E-state index in [1.165, 1.54) is 141 Å². The highest BCUT2D eigenvalue weighted by Gasteiger charge is 2.49. The molecule has 66 heavy (non-hydrogen) atoms. The van der Waals surface area contributed by atoms with E-state index in [0.29, 0.717) is 0 Å². The standard InChI is InChI=1S/C62H61BN2S/c1-38-34-52-56-53(35-38)65(51-19-15-18-48-55(51)45-16-11-12-17-47(45)62(48)32-13-14-33-62)57-46-36-42(60(5,6)7)27-31-54(46)66-58(57)63(56)49-37-43(61(8,9)10)26-30-50(49)64(52)44-28-22-40(23-29-44)39-20-24-41(25-21-39)59(2,3)4/h11-12,15-31,34-37H,13-14,32-33H2,1-10H3. The molecule has 0 amide bonds. The van der Waals surface area contributed by atoms with Crippen LogP contribution in [0.3, 0.4) is 0 Å². The van der Waals surface area contributed by atoms with Gasteiger partial charge in [0.25, 0.3) is 6.71 Å². The van der Waals surface area contributed by atoms with E-state index >= 15 is 0 Å².